The van der Waals surface area contributed by atoms with Crippen LogP contribution >= 0.6 is 0 Å². The summed E-state index contributed by atoms with van der Waals surface area (Å²) in [6, 6.07) is 0. The van der Waals surface area contributed by atoms with Gasteiger partial charge in [0.15, 0.2) is 0 Å². The lowest BCUT2D eigenvalue weighted by Crippen LogP contribution is -2.27. The van der Waals surface area contributed by atoms with E-state index in [2.05, 4.69) is 18.0 Å². The summed E-state index contributed by atoms with van der Waals surface area (Å²) in [5, 5.41) is 7.38. The largest absolute Gasteiger partial charge is 0.305 e. The Balaban J connectivity index is 2.60. The van der Waals surface area contributed by atoms with Crippen molar-refractivity contribution in [2.45, 2.75) is 13.3 Å². The molecule has 0 bridgehead atoms. The minimum Gasteiger partial charge on any atom is -0.305 e. The lowest BCUT2D eigenvalue weighted by molar-refractivity contribution is 0.360. The topological polar surface area (TPSA) is 27.1 Å². The van der Waals surface area contributed by atoms with Gasteiger partial charge in [-0.2, -0.15) is 0 Å². The van der Waals surface area contributed by atoms with Crippen LogP contribution in [0.2, 0.25) is 0 Å². The van der Waals surface area contributed by atoms with Crippen LogP contribution in [0.1, 0.15) is 13.3 Å². The van der Waals surface area contributed by atoms with Crippen molar-refractivity contribution in [3.05, 3.63) is 11.6 Å². The molecule has 1 aliphatic heterocycles. The second-order valence-corrected chi connectivity index (χ2v) is 2.88. The summed E-state index contributed by atoms with van der Waals surface area (Å²) >= 11 is 0. The van der Waals surface area contributed by atoms with Gasteiger partial charge in [-0.05, 0) is 26.0 Å². The highest BCUT2D eigenvalue weighted by molar-refractivity contribution is 5.96. The van der Waals surface area contributed by atoms with Crippen molar-refractivity contribution >= 4 is 5.71 Å². The number of nitrogens with zero attached hydrogens (tertiary/aromatic N) is 1. The predicted molar refractivity (Wildman–Crippen MR) is 43.6 cm³/mol. The van der Waals surface area contributed by atoms with Crippen LogP contribution in [0, 0.1) is 5.41 Å². The maximum absolute atomic E-state index is 7.38. The molecular weight excluding hydrogens is 124 g/mol. The third-order valence-electron chi connectivity index (χ3n) is 1.82. The molecule has 0 amide bonds. The molecule has 0 spiro atoms. The zero-order valence-corrected chi connectivity index (χ0v) is 6.65. The second kappa shape index (κ2) is 2.97. The van der Waals surface area contributed by atoms with Crippen molar-refractivity contribution in [2.24, 2.45) is 0 Å². The van der Waals surface area contributed by atoms with Crippen molar-refractivity contribution in [2.75, 3.05) is 20.1 Å². The number of nitrogens with one attached hydrogen (secondary N) is 1. The summed E-state index contributed by atoms with van der Waals surface area (Å²) in [5.41, 5.74) is 1.90. The number of hydrogen-bond donors (Lipinski definition) is 1. The van der Waals surface area contributed by atoms with Gasteiger partial charge in [-0.3, -0.25) is 0 Å². The molecule has 0 aromatic rings. The highest BCUT2D eigenvalue weighted by atomic mass is 15.1. The molecule has 0 saturated carbocycles. The van der Waals surface area contributed by atoms with Crippen molar-refractivity contribution in [3.8, 4) is 0 Å². The summed E-state index contributed by atoms with van der Waals surface area (Å²) < 4.78 is 0. The van der Waals surface area contributed by atoms with Crippen LogP contribution in [0.3, 0.4) is 0 Å². The van der Waals surface area contributed by atoms with Crippen molar-refractivity contribution < 1.29 is 0 Å². The summed E-state index contributed by atoms with van der Waals surface area (Å²) in [6.45, 7) is 3.94. The maximum Gasteiger partial charge on any atom is 0.0324 e. The first kappa shape index (κ1) is 7.48. The van der Waals surface area contributed by atoms with Crippen LogP contribution in [0.15, 0.2) is 11.6 Å². The first-order valence-electron chi connectivity index (χ1n) is 3.63. The van der Waals surface area contributed by atoms with E-state index in [-0.39, 0.29) is 0 Å². The third kappa shape index (κ3) is 1.67. The van der Waals surface area contributed by atoms with Crippen molar-refractivity contribution in [1.82, 2.24) is 4.90 Å². The molecule has 1 heterocycles. The van der Waals surface area contributed by atoms with E-state index in [4.69, 9.17) is 5.41 Å². The van der Waals surface area contributed by atoms with E-state index in [1.54, 1.807) is 0 Å². The van der Waals surface area contributed by atoms with Crippen LogP contribution in [0.25, 0.3) is 0 Å². The zero-order chi connectivity index (χ0) is 7.56. The Labute approximate surface area is 62.0 Å². The lowest BCUT2D eigenvalue weighted by Gasteiger charge is -2.22. The normalized spacial score (nSPS) is 20.4. The number of likely N-dealkylation sites (N-methyl/N-ethyl adjacent to an activating group) is 1. The molecule has 0 unspecified atom stereocenters. The van der Waals surface area contributed by atoms with Gasteiger partial charge in [0.05, 0.1) is 0 Å². The summed E-state index contributed by atoms with van der Waals surface area (Å²) in [5.74, 6) is 0. The SMILES string of the molecule is CC(=N)C1=CCCN(C)C1. The van der Waals surface area contributed by atoms with Crippen LogP contribution in [-0.4, -0.2) is 30.7 Å². The van der Waals surface area contributed by atoms with E-state index in [1.165, 1.54) is 5.57 Å². The molecule has 56 valence electrons. The Bertz CT molecular complexity index is 170. The fourth-order valence-electron chi connectivity index (χ4n) is 1.17. The lowest BCUT2D eigenvalue weighted by atomic mass is 10.1. The first-order chi connectivity index (χ1) is 4.70. The van der Waals surface area contributed by atoms with Gasteiger partial charge in [0.2, 0.25) is 0 Å². The molecule has 0 atom stereocenters. The van der Waals surface area contributed by atoms with E-state index in [9.17, 15) is 0 Å². The molecule has 0 aromatic carbocycles. The number of hydrogen-bond acceptors (Lipinski definition) is 2. The summed E-state index contributed by atoms with van der Waals surface area (Å²) in [7, 11) is 2.09. The highest BCUT2D eigenvalue weighted by Gasteiger charge is 2.08. The average molecular weight is 138 g/mol. The molecule has 10 heavy (non-hydrogen) atoms. The zero-order valence-electron chi connectivity index (χ0n) is 6.65. The molecule has 0 radical (unpaired) electrons. The molecule has 1 rings (SSSR count). The van der Waals surface area contributed by atoms with Gasteiger partial charge in [-0.15, -0.1) is 0 Å². The Kier molecular flexibility index (Phi) is 2.22. The maximum atomic E-state index is 7.38. The second-order valence-electron chi connectivity index (χ2n) is 2.88. The van der Waals surface area contributed by atoms with Gasteiger partial charge in [0, 0.05) is 18.8 Å². The van der Waals surface area contributed by atoms with E-state index >= 15 is 0 Å². The van der Waals surface area contributed by atoms with Crippen LogP contribution in [0.4, 0.5) is 0 Å². The minimum atomic E-state index is 0.714. The Hall–Kier alpha value is -0.630. The standard InChI is InChI=1S/C8H14N2/c1-7(9)8-4-3-5-10(2)6-8/h4,9H,3,5-6H2,1-2H3. The monoisotopic (exact) mass is 138 g/mol. The van der Waals surface area contributed by atoms with E-state index < -0.39 is 0 Å². The Morgan fingerprint density at radius 3 is 2.80 bits per heavy atom. The third-order valence-corrected chi connectivity index (χ3v) is 1.82. The average Bonchev–Trinajstić information content (AvgIpc) is 1.88. The fraction of sp³-hybridized carbons (Fsp3) is 0.625. The predicted octanol–water partition coefficient (Wildman–Crippen LogP) is 1.29. The molecule has 1 N–H and O–H groups in total. The minimum absolute atomic E-state index is 0.714. The molecule has 0 aliphatic carbocycles. The van der Waals surface area contributed by atoms with Gasteiger partial charge in [0.1, 0.15) is 0 Å². The Morgan fingerprint density at radius 1 is 1.70 bits per heavy atom. The van der Waals surface area contributed by atoms with E-state index in [0.29, 0.717) is 5.71 Å². The van der Waals surface area contributed by atoms with Crippen molar-refractivity contribution in [1.29, 1.82) is 5.41 Å². The van der Waals surface area contributed by atoms with Crippen LogP contribution in [-0.2, 0) is 0 Å². The quantitative estimate of drug-likeness (QED) is 0.543. The highest BCUT2D eigenvalue weighted by Crippen LogP contribution is 2.07. The van der Waals surface area contributed by atoms with E-state index in [1.807, 2.05) is 6.92 Å². The molecule has 1 aliphatic rings. The summed E-state index contributed by atoms with van der Waals surface area (Å²) in [6.07, 6.45) is 3.27. The Morgan fingerprint density at radius 2 is 2.40 bits per heavy atom. The smallest absolute Gasteiger partial charge is 0.0324 e. The van der Waals surface area contributed by atoms with E-state index in [0.717, 1.165) is 19.5 Å². The van der Waals surface area contributed by atoms with Crippen LogP contribution < -0.4 is 0 Å². The van der Waals surface area contributed by atoms with Gasteiger partial charge in [-0.1, -0.05) is 6.08 Å². The van der Waals surface area contributed by atoms with Crippen molar-refractivity contribution in [3.63, 3.8) is 0 Å². The molecule has 2 heteroatoms. The molecule has 2 nitrogen and oxygen atoms in total. The van der Waals surface area contributed by atoms with Gasteiger partial charge in [0.25, 0.3) is 0 Å². The molecular formula is C8H14N2. The fourth-order valence-corrected chi connectivity index (χ4v) is 1.17. The van der Waals surface area contributed by atoms with Gasteiger partial charge in [-0.25, -0.2) is 0 Å². The van der Waals surface area contributed by atoms with Gasteiger partial charge >= 0.3 is 0 Å². The first-order valence-corrected chi connectivity index (χ1v) is 3.63. The number of rotatable bonds is 1. The molecule has 0 fully saturated rings. The molecule has 0 saturated heterocycles. The molecule has 0 aromatic heterocycles. The van der Waals surface area contributed by atoms with Crippen LogP contribution in [0.5, 0.6) is 0 Å². The summed E-state index contributed by atoms with van der Waals surface area (Å²) in [4.78, 5) is 2.24. The van der Waals surface area contributed by atoms with Gasteiger partial charge < -0.3 is 10.3 Å².